The fraction of sp³-hybridized carbons (Fsp3) is 0.583. The smallest absolute Gasteiger partial charge is 0.253 e. The van der Waals surface area contributed by atoms with E-state index in [9.17, 15) is 14.4 Å². The Balaban J connectivity index is 2.10. The molecule has 6 nitrogen and oxygen atoms in total. The number of carbonyl (C=O) groups is 3. The minimum absolute atomic E-state index is 0.118. The highest BCUT2D eigenvalue weighted by molar-refractivity contribution is 6.13. The van der Waals surface area contributed by atoms with E-state index >= 15 is 0 Å². The number of carbonyl (C=O) groups excluding carboxylic acids is 3. The normalized spacial score (nSPS) is 14.4. The molecular weight excluding hydrogens is 236 g/mol. The van der Waals surface area contributed by atoms with Crippen molar-refractivity contribution in [3.63, 3.8) is 0 Å². The Bertz CT molecular complexity index is 334. The van der Waals surface area contributed by atoms with Gasteiger partial charge in [0, 0.05) is 38.3 Å². The van der Waals surface area contributed by atoms with Gasteiger partial charge in [-0.2, -0.15) is 0 Å². The molecule has 0 unspecified atom stereocenters. The number of aliphatic hydroxyl groups is 1. The number of unbranched alkanes of at least 4 members (excludes halogenated alkanes) is 2. The zero-order valence-corrected chi connectivity index (χ0v) is 10.2. The lowest BCUT2D eigenvalue weighted by atomic mass is 10.2. The van der Waals surface area contributed by atoms with E-state index in [1.54, 1.807) is 0 Å². The third kappa shape index (κ3) is 4.67. The summed E-state index contributed by atoms with van der Waals surface area (Å²) in [6.07, 6.45) is 4.95. The maximum atomic E-state index is 11.4. The first kappa shape index (κ1) is 14.4. The van der Waals surface area contributed by atoms with E-state index in [2.05, 4.69) is 5.32 Å². The van der Waals surface area contributed by atoms with Crippen molar-refractivity contribution in [3.8, 4) is 0 Å². The maximum Gasteiger partial charge on any atom is 0.253 e. The molecule has 0 spiro atoms. The molecule has 1 aliphatic rings. The molecule has 6 heteroatoms. The second-order valence-corrected chi connectivity index (χ2v) is 4.05. The van der Waals surface area contributed by atoms with Crippen LogP contribution in [0.1, 0.15) is 25.7 Å². The topological polar surface area (TPSA) is 86.7 Å². The Morgan fingerprint density at radius 1 is 1.17 bits per heavy atom. The van der Waals surface area contributed by atoms with Gasteiger partial charge >= 0.3 is 0 Å². The Kier molecular flexibility index (Phi) is 6.07. The summed E-state index contributed by atoms with van der Waals surface area (Å²) in [6, 6.07) is 0. The van der Waals surface area contributed by atoms with Crippen LogP contribution in [0.3, 0.4) is 0 Å². The predicted molar refractivity (Wildman–Crippen MR) is 64.4 cm³/mol. The molecule has 3 amide bonds. The van der Waals surface area contributed by atoms with Crippen LogP contribution in [0.25, 0.3) is 0 Å². The molecule has 0 saturated heterocycles. The lowest BCUT2D eigenvalue weighted by Crippen LogP contribution is -2.34. The van der Waals surface area contributed by atoms with Gasteiger partial charge < -0.3 is 10.4 Å². The van der Waals surface area contributed by atoms with Crippen LogP contribution in [0.4, 0.5) is 0 Å². The summed E-state index contributed by atoms with van der Waals surface area (Å²) in [5, 5.41) is 11.3. The van der Waals surface area contributed by atoms with Gasteiger partial charge in [-0.1, -0.05) is 0 Å². The molecule has 1 rings (SSSR count). The number of rotatable bonds is 8. The molecule has 0 aliphatic carbocycles. The first-order chi connectivity index (χ1) is 8.65. The van der Waals surface area contributed by atoms with Gasteiger partial charge in [-0.3, -0.25) is 19.3 Å². The molecule has 0 bridgehead atoms. The fourth-order valence-electron chi connectivity index (χ4n) is 1.59. The quantitative estimate of drug-likeness (QED) is 0.455. The summed E-state index contributed by atoms with van der Waals surface area (Å²) in [7, 11) is 0. The first-order valence-corrected chi connectivity index (χ1v) is 6.06. The standard InChI is InChI=1S/C12H18N2O4/c15-9-3-1-2-7-13-10(16)6-8-14-11(17)4-5-12(14)18/h4-5,15H,1-3,6-9H2,(H,13,16). The van der Waals surface area contributed by atoms with Gasteiger partial charge in [0.05, 0.1) is 0 Å². The second-order valence-electron chi connectivity index (χ2n) is 4.05. The molecule has 100 valence electrons. The minimum atomic E-state index is -0.365. The maximum absolute atomic E-state index is 11.4. The molecule has 1 aliphatic heterocycles. The lowest BCUT2D eigenvalue weighted by Gasteiger charge is -2.13. The van der Waals surface area contributed by atoms with Crippen molar-refractivity contribution < 1.29 is 19.5 Å². The molecule has 0 aromatic heterocycles. The first-order valence-electron chi connectivity index (χ1n) is 6.06. The number of amides is 3. The van der Waals surface area contributed by atoms with Crippen LogP contribution in [0, 0.1) is 0 Å². The fourth-order valence-corrected chi connectivity index (χ4v) is 1.59. The van der Waals surface area contributed by atoms with Crippen molar-refractivity contribution in [2.75, 3.05) is 19.7 Å². The molecule has 0 saturated carbocycles. The molecule has 0 aromatic carbocycles. The number of imide groups is 1. The summed E-state index contributed by atoms with van der Waals surface area (Å²) >= 11 is 0. The Morgan fingerprint density at radius 2 is 1.83 bits per heavy atom. The van der Waals surface area contributed by atoms with Gasteiger partial charge in [0.2, 0.25) is 5.91 Å². The molecule has 0 radical (unpaired) electrons. The van der Waals surface area contributed by atoms with E-state index in [1.807, 2.05) is 0 Å². The van der Waals surface area contributed by atoms with Crippen LogP contribution in [-0.4, -0.2) is 47.4 Å². The molecule has 0 atom stereocenters. The Labute approximate surface area is 106 Å². The zero-order chi connectivity index (χ0) is 13.4. The average molecular weight is 254 g/mol. The van der Waals surface area contributed by atoms with Crippen molar-refractivity contribution in [1.82, 2.24) is 10.2 Å². The van der Waals surface area contributed by atoms with Crippen LogP contribution < -0.4 is 5.32 Å². The molecule has 0 fully saturated rings. The highest BCUT2D eigenvalue weighted by Crippen LogP contribution is 2.04. The monoisotopic (exact) mass is 254 g/mol. The molecular formula is C12H18N2O4. The van der Waals surface area contributed by atoms with Crippen LogP contribution in [0.2, 0.25) is 0 Å². The summed E-state index contributed by atoms with van der Waals surface area (Å²) in [6.45, 7) is 0.840. The van der Waals surface area contributed by atoms with Gasteiger partial charge in [0.25, 0.3) is 11.8 Å². The summed E-state index contributed by atoms with van der Waals surface area (Å²) in [4.78, 5) is 34.8. The Morgan fingerprint density at radius 3 is 2.44 bits per heavy atom. The highest BCUT2D eigenvalue weighted by Gasteiger charge is 2.23. The van der Waals surface area contributed by atoms with Crippen molar-refractivity contribution in [1.29, 1.82) is 0 Å². The second kappa shape index (κ2) is 7.60. The van der Waals surface area contributed by atoms with Gasteiger partial charge in [-0.25, -0.2) is 0 Å². The van der Waals surface area contributed by atoms with E-state index in [0.717, 1.165) is 24.2 Å². The van der Waals surface area contributed by atoms with Crippen molar-refractivity contribution in [2.24, 2.45) is 0 Å². The highest BCUT2D eigenvalue weighted by atomic mass is 16.3. The van der Waals surface area contributed by atoms with Crippen molar-refractivity contribution in [2.45, 2.75) is 25.7 Å². The lowest BCUT2D eigenvalue weighted by molar-refractivity contribution is -0.137. The summed E-state index contributed by atoms with van der Waals surface area (Å²) < 4.78 is 0. The number of nitrogens with one attached hydrogen (secondary N) is 1. The van der Waals surface area contributed by atoms with Crippen molar-refractivity contribution in [3.05, 3.63) is 12.2 Å². The number of hydrogen-bond acceptors (Lipinski definition) is 4. The van der Waals surface area contributed by atoms with E-state index in [4.69, 9.17) is 5.11 Å². The van der Waals surface area contributed by atoms with E-state index in [1.165, 1.54) is 12.2 Å². The van der Waals surface area contributed by atoms with Crippen LogP contribution in [0.15, 0.2) is 12.2 Å². The molecule has 1 heterocycles. The number of nitrogens with zero attached hydrogens (tertiary/aromatic N) is 1. The van der Waals surface area contributed by atoms with Crippen LogP contribution >= 0.6 is 0 Å². The largest absolute Gasteiger partial charge is 0.396 e. The van der Waals surface area contributed by atoms with E-state index in [0.29, 0.717) is 6.54 Å². The van der Waals surface area contributed by atoms with Gasteiger partial charge in [-0.05, 0) is 19.3 Å². The molecule has 0 aromatic rings. The van der Waals surface area contributed by atoms with Gasteiger partial charge in [-0.15, -0.1) is 0 Å². The number of aliphatic hydroxyl groups excluding tert-OH is 1. The van der Waals surface area contributed by atoms with Crippen LogP contribution in [0.5, 0.6) is 0 Å². The minimum Gasteiger partial charge on any atom is -0.396 e. The zero-order valence-electron chi connectivity index (χ0n) is 10.2. The van der Waals surface area contributed by atoms with Gasteiger partial charge in [0.1, 0.15) is 0 Å². The van der Waals surface area contributed by atoms with Crippen molar-refractivity contribution >= 4 is 17.7 Å². The molecule has 2 N–H and O–H groups in total. The molecule has 18 heavy (non-hydrogen) atoms. The third-order valence-electron chi connectivity index (χ3n) is 2.62. The summed E-state index contributed by atoms with van der Waals surface area (Å²) in [5.41, 5.74) is 0. The average Bonchev–Trinajstić information content (AvgIpc) is 2.66. The predicted octanol–water partition coefficient (Wildman–Crippen LogP) is -0.420. The SMILES string of the molecule is O=C(CCN1C(=O)C=CC1=O)NCCCCCO. The van der Waals surface area contributed by atoms with E-state index in [-0.39, 0.29) is 37.3 Å². The van der Waals surface area contributed by atoms with Gasteiger partial charge in [0.15, 0.2) is 0 Å². The van der Waals surface area contributed by atoms with E-state index < -0.39 is 0 Å². The van der Waals surface area contributed by atoms with Crippen LogP contribution in [-0.2, 0) is 14.4 Å². The Hall–Kier alpha value is -1.69. The number of hydrogen-bond donors (Lipinski definition) is 2. The summed E-state index contributed by atoms with van der Waals surface area (Å²) in [5.74, 6) is -0.905. The third-order valence-corrected chi connectivity index (χ3v) is 2.62.